The van der Waals surface area contributed by atoms with Crippen molar-refractivity contribution in [2.75, 3.05) is 33.9 Å². The topological polar surface area (TPSA) is 67.9 Å². The van der Waals surface area contributed by atoms with E-state index in [1.807, 2.05) is 23.1 Å². The predicted octanol–water partition coefficient (Wildman–Crippen LogP) is 3.45. The van der Waals surface area contributed by atoms with Gasteiger partial charge in [-0.2, -0.15) is 0 Å². The number of hydrogen-bond acceptors (Lipinski definition) is 4. The fourth-order valence-corrected chi connectivity index (χ4v) is 3.72. The van der Waals surface area contributed by atoms with E-state index in [-0.39, 0.29) is 29.1 Å². The SMILES string of the molecule is COc1ccc(OC)c([C@H]2CN(C(=O)CC(C)(C)C)C[C@@H]2C(=O)NCC(C)C)c1. The summed E-state index contributed by atoms with van der Waals surface area (Å²) < 4.78 is 11.0. The molecule has 0 aromatic heterocycles. The number of benzene rings is 1. The fraction of sp³-hybridized carbons (Fsp3) is 0.652. The van der Waals surface area contributed by atoms with Gasteiger partial charge in [-0.05, 0) is 29.5 Å². The minimum atomic E-state index is -0.321. The van der Waals surface area contributed by atoms with Gasteiger partial charge >= 0.3 is 0 Å². The lowest BCUT2D eigenvalue weighted by Crippen LogP contribution is -2.37. The summed E-state index contributed by atoms with van der Waals surface area (Å²) in [6.45, 7) is 11.8. The van der Waals surface area contributed by atoms with E-state index in [2.05, 4.69) is 39.9 Å². The van der Waals surface area contributed by atoms with Crippen LogP contribution >= 0.6 is 0 Å². The van der Waals surface area contributed by atoms with Crippen LogP contribution in [0.3, 0.4) is 0 Å². The van der Waals surface area contributed by atoms with E-state index in [1.165, 1.54) is 0 Å². The van der Waals surface area contributed by atoms with Gasteiger partial charge in [0.15, 0.2) is 0 Å². The highest BCUT2D eigenvalue weighted by Crippen LogP contribution is 2.40. The monoisotopic (exact) mass is 404 g/mol. The number of hydrogen-bond donors (Lipinski definition) is 1. The maximum Gasteiger partial charge on any atom is 0.225 e. The number of ether oxygens (including phenoxy) is 2. The Morgan fingerprint density at radius 1 is 1.17 bits per heavy atom. The second-order valence-corrected chi connectivity index (χ2v) is 9.50. The van der Waals surface area contributed by atoms with Gasteiger partial charge in [0.25, 0.3) is 0 Å². The summed E-state index contributed by atoms with van der Waals surface area (Å²) in [5, 5.41) is 3.05. The van der Waals surface area contributed by atoms with E-state index in [1.54, 1.807) is 14.2 Å². The largest absolute Gasteiger partial charge is 0.497 e. The molecule has 1 aliphatic rings. The molecule has 2 rings (SSSR count). The lowest BCUT2D eigenvalue weighted by atomic mass is 9.87. The number of rotatable bonds is 7. The third kappa shape index (κ3) is 6.12. The second-order valence-electron chi connectivity index (χ2n) is 9.50. The zero-order chi connectivity index (χ0) is 21.8. The lowest BCUT2D eigenvalue weighted by molar-refractivity contribution is -0.132. The number of methoxy groups -OCH3 is 2. The van der Waals surface area contributed by atoms with E-state index in [0.29, 0.717) is 43.5 Å². The third-order valence-electron chi connectivity index (χ3n) is 5.21. The molecular weight excluding hydrogens is 368 g/mol. The molecule has 0 saturated carbocycles. The van der Waals surface area contributed by atoms with Crippen LogP contribution in [-0.2, 0) is 9.59 Å². The molecule has 1 heterocycles. The molecule has 1 aliphatic heterocycles. The van der Waals surface area contributed by atoms with Gasteiger partial charge in [0.2, 0.25) is 11.8 Å². The van der Waals surface area contributed by atoms with Gasteiger partial charge in [-0.3, -0.25) is 9.59 Å². The molecule has 162 valence electrons. The van der Waals surface area contributed by atoms with Gasteiger partial charge in [0.05, 0.1) is 20.1 Å². The van der Waals surface area contributed by atoms with Crippen LogP contribution in [-0.4, -0.2) is 50.6 Å². The van der Waals surface area contributed by atoms with Crippen LogP contribution in [0, 0.1) is 17.3 Å². The molecule has 2 amide bonds. The molecule has 0 spiro atoms. The van der Waals surface area contributed by atoms with Crippen molar-refractivity contribution in [2.45, 2.75) is 47.0 Å². The molecule has 1 fully saturated rings. The Morgan fingerprint density at radius 2 is 1.86 bits per heavy atom. The van der Waals surface area contributed by atoms with Crippen molar-refractivity contribution in [1.82, 2.24) is 10.2 Å². The molecule has 6 heteroatoms. The normalized spacial score (nSPS) is 19.4. The molecule has 2 atom stereocenters. The summed E-state index contributed by atoms with van der Waals surface area (Å²) in [5.41, 5.74) is 0.806. The number of nitrogens with zero attached hydrogens (tertiary/aromatic N) is 1. The van der Waals surface area contributed by atoms with Crippen molar-refractivity contribution in [3.05, 3.63) is 23.8 Å². The minimum Gasteiger partial charge on any atom is -0.497 e. The molecular formula is C23H36N2O4. The van der Waals surface area contributed by atoms with E-state index < -0.39 is 0 Å². The Bertz CT molecular complexity index is 724. The first-order valence-corrected chi connectivity index (χ1v) is 10.3. The van der Waals surface area contributed by atoms with Crippen LogP contribution in [0.1, 0.15) is 52.5 Å². The average Bonchev–Trinajstić information content (AvgIpc) is 3.09. The molecule has 0 radical (unpaired) electrons. The van der Waals surface area contributed by atoms with E-state index in [4.69, 9.17) is 9.47 Å². The molecule has 1 aromatic carbocycles. The smallest absolute Gasteiger partial charge is 0.225 e. The van der Waals surface area contributed by atoms with Crippen molar-refractivity contribution in [3.8, 4) is 11.5 Å². The highest BCUT2D eigenvalue weighted by Gasteiger charge is 2.42. The predicted molar refractivity (Wildman–Crippen MR) is 114 cm³/mol. The zero-order valence-corrected chi connectivity index (χ0v) is 18.9. The number of likely N-dealkylation sites (tertiary alicyclic amines) is 1. The number of carbonyl (C=O) groups is 2. The molecule has 29 heavy (non-hydrogen) atoms. The maximum atomic E-state index is 13.0. The summed E-state index contributed by atoms with van der Waals surface area (Å²) in [6, 6.07) is 5.62. The fourth-order valence-electron chi connectivity index (χ4n) is 3.72. The molecule has 0 bridgehead atoms. The summed E-state index contributed by atoms with van der Waals surface area (Å²) in [4.78, 5) is 27.7. The van der Waals surface area contributed by atoms with Gasteiger partial charge in [-0.1, -0.05) is 34.6 Å². The van der Waals surface area contributed by atoms with E-state index in [0.717, 1.165) is 5.56 Å². The summed E-state index contributed by atoms with van der Waals surface area (Å²) in [7, 11) is 3.24. The molecule has 1 N–H and O–H groups in total. The molecule has 1 saturated heterocycles. The summed E-state index contributed by atoms with van der Waals surface area (Å²) >= 11 is 0. The standard InChI is InChI=1S/C23H36N2O4/c1-15(2)12-24-22(27)19-14-25(21(26)11-23(3,4)5)13-18(19)17-10-16(28-6)8-9-20(17)29-7/h8-10,15,18-19H,11-14H2,1-7H3,(H,24,27)/t18-,19+/m1/s1. The van der Waals surface area contributed by atoms with Gasteiger partial charge in [0, 0.05) is 37.5 Å². The zero-order valence-electron chi connectivity index (χ0n) is 18.9. The molecule has 6 nitrogen and oxygen atoms in total. The second kappa shape index (κ2) is 9.51. The molecule has 0 aliphatic carbocycles. The minimum absolute atomic E-state index is 0.0142. The van der Waals surface area contributed by atoms with Crippen LogP contribution in [0.5, 0.6) is 11.5 Å². The third-order valence-corrected chi connectivity index (χ3v) is 5.21. The summed E-state index contributed by atoms with van der Waals surface area (Å²) in [5.74, 6) is 1.39. The van der Waals surface area contributed by atoms with Crippen molar-refractivity contribution >= 4 is 11.8 Å². The first kappa shape index (κ1) is 23.0. The Hall–Kier alpha value is -2.24. The van der Waals surface area contributed by atoms with Crippen LogP contribution < -0.4 is 14.8 Å². The van der Waals surface area contributed by atoms with Crippen LogP contribution in [0.2, 0.25) is 0 Å². The van der Waals surface area contributed by atoms with Gasteiger partial charge in [-0.25, -0.2) is 0 Å². The van der Waals surface area contributed by atoms with Crippen LogP contribution in [0.15, 0.2) is 18.2 Å². The van der Waals surface area contributed by atoms with Crippen molar-refractivity contribution < 1.29 is 19.1 Å². The van der Waals surface area contributed by atoms with Gasteiger partial charge in [-0.15, -0.1) is 0 Å². The lowest BCUT2D eigenvalue weighted by Gasteiger charge is -2.23. The Kier molecular flexibility index (Phi) is 7.55. The van der Waals surface area contributed by atoms with Gasteiger partial charge < -0.3 is 19.7 Å². The number of nitrogens with one attached hydrogen (secondary N) is 1. The van der Waals surface area contributed by atoms with Crippen molar-refractivity contribution in [1.29, 1.82) is 0 Å². The maximum absolute atomic E-state index is 13.0. The Labute approximate surface area is 174 Å². The van der Waals surface area contributed by atoms with Crippen molar-refractivity contribution in [3.63, 3.8) is 0 Å². The molecule has 0 unspecified atom stereocenters. The van der Waals surface area contributed by atoms with Crippen LogP contribution in [0.25, 0.3) is 0 Å². The summed E-state index contributed by atoms with van der Waals surface area (Å²) in [6.07, 6.45) is 0.454. The highest BCUT2D eigenvalue weighted by atomic mass is 16.5. The van der Waals surface area contributed by atoms with Crippen LogP contribution in [0.4, 0.5) is 0 Å². The van der Waals surface area contributed by atoms with E-state index in [9.17, 15) is 9.59 Å². The Morgan fingerprint density at radius 3 is 2.41 bits per heavy atom. The number of carbonyl (C=O) groups excluding carboxylic acids is 2. The Balaban J connectivity index is 2.35. The molecule has 1 aromatic rings. The number of amides is 2. The van der Waals surface area contributed by atoms with Crippen molar-refractivity contribution in [2.24, 2.45) is 17.3 Å². The first-order valence-electron chi connectivity index (χ1n) is 10.3. The average molecular weight is 405 g/mol. The van der Waals surface area contributed by atoms with E-state index >= 15 is 0 Å². The highest BCUT2D eigenvalue weighted by molar-refractivity contribution is 5.83. The first-order chi connectivity index (χ1) is 13.6. The van der Waals surface area contributed by atoms with Gasteiger partial charge in [0.1, 0.15) is 11.5 Å². The quantitative estimate of drug-likeness (QED) is 0.756.